The van der Waals surface area contributed by atoms with Gasteiger partial charge in [0.25, 0.3) is 5.56 Å². The summed E-state index contributed by atoms with van der Waals surface area (Å²) in [4.78, 5) is 15.8. The molecule has 0 aromatic carbocycles. The molecule has 0 aliphatic rings. The van der Waals surface area contributed by atoms with Crippen molar-refractivity contribution in [2.75, 3.05) is 0 Å². The van der Waals surface area contributed by atoms with E-state index >= 15 is 0 Å². The molecule has 0 bridgehead atoms. The van der Waals surface area contributed by atoms with Crippen LogP contribution in [0.4, 0.5) is 0 Å². The van der Waals surface area contributed by atoms with Crippen LogP contribution in [0.5, 0.6) is 0 Å². The molecule has 16 heavy (non-hydrogen) atoms. The zero-order chi connectivity index (χ0) is 11.5. The van der Waals surface area contributed by atoms with E-state index in [1.165, 1.54) is 0 Å². The van der Waals surface area contributed by atoms with Crippen molar-refractivity contribution in [3.8, 4) is 0 Å². The fourth-order valence-electron chi connectivity index (χ4n) is 1.65. The summed E-state index contributed by atoms with van der Waals surface area (Å²) in [6.07, 6.45) is 5.53. The lowest BCUT2D eigenvalue weighted by atomic mass is 10.3. The molecular formula is C12H15N3O. The van der Waals surface area contributed by atoms with Crippen LogP contribution in [-0.4, -0.2) is 14.1 Å². The van der Waals surface area contributed by atoms with E-state index in [4.69, 9.17) is 0 Å². The van der Waals surface area contributed by atoms with E-state index in [0.29, 0.717) is 6.54 Å². The highest BCUT2D eigenvalue weighted by molar-refractivity contribution is 5.07. The van der Waals surface area contributed by atoms with Crippen LogP contribution < -0.4 is 5.56 Å². The third-order valence-corrected chi connectivity index (χ3v) is 2.66. The van der Waals surface area contributed by atoms with Crippen molar-refractivity contribution in [1.82, 2.24) is 14.1 Å². The molecule has 0 aliphatic carbocycles. The average Bonchev–Trinajstić information content (AvgIpc) is 2.63. The molecule has 0 fully saturated rings. The van der Waals surface area contributed by atoms with Crippen LogP contribution in [0, 0.1) is 13.8 Å². The highest BCUT2D eigenvalue weighted by Gasteiger charge is 1.99. The van der Waals surface area contributed by atoms with E-state index in [1.54, 1.807) is 16.8 Å². The Hall–Kier alpha value is -1.84. The van der Waals surface area contributed by atoms with E-state index in [-0.39, 0.29) is 5.56 Å². The molecule has 2 aromatic heterocycles. The number of hydrogen-bond acceptors (Lipinski definition) is 2. The third-order valence-electron chi connectivity index (χ3n) is 2.66. The highest BCUT2D eigenvalue weighted by Crippen LogP contribution is 1.97. The number of imidazole rings is 1. The predicted octanol–water partition coefficient (Wildman–Crippen LogP) is 1.36. The first-order valence-corrected chi connectivity index (χ1v) is 5.31. The van der Waals surface area contributed by atoms with Gasteiger partial charge >= 0.3 is 0 Å². The zero-order valence-electron chi connectivity index (χ0n) is 9.55. The summed E-state index contributed by atoms with van der Waals surface area (Å²) < 4.78 is 3.75. The number of nitrogens with zero attached hydrogens (tertiary/aromatic N) is 3. The minimum absolute atomic E-state index is 0.0535. The maximum atomic E-state index is 11.6. The molecule has 0 radical (unpaired) electrons. The van der Waals surface area contributed by atoms with Crippen molar-refractivity contribution in [1.29, 1.82) is 0 Å². The van der Waals surface area contributed by atoms with E-state index < -0.39 is 0 Å². The molecule has 0 saturated heterocycles. The van der Waals surface area contributed by atoms with E-state index in [1.807, 2.05) is 36.9 Å². The smallest absolute Gasteiger partial charge is 0.250 e. The summed E-state index contributed by atoms with van der Waals surface area (Å²) in [5, 5.41) is 0. The summed E-state index contributed by atoms with van der Waals surface area (Å²) in [5.41, 5.74) is 1.05. The van der Waals surface area contributed by atoms with Gasteiger partial charge in [-0.3, -0.25) is 4.79 Å². The molecule has 0 atom stereocenters. The van der Waals surface area contributed by atoms with Gasteiger partial charge in [0.2, 0.25) is 0 Å². The van der Waals surface area contributed by atoms with Crippen LogP contribution in [0.3, 0.4) is 0 Å². The van der Waals surface area contributed by atoms with Crippen LogP contribution in [0.1, 0.15) is 11.4 Å². The summed E-state index contributed by atoms with van der Waals surface area (Å²) >= 11 is 0. The van der Waals surface area contributed by atoms with Gasteiger partial charge in [-0.15, -0.1) is 0 Å². The number of pyridine rings is 1. The summed E-state index contributed by atoms with van der Waals surface area (Å²) in [6, 6.07) is 3.60. The number of hydrogen-bond donors (Lipinski definition) is 0. The van der Waals surface area contributed by atoms with E-state index in [0.717, 1.165) is 17.9 Å². The maximum Gasteiger partial charge on any atom is 0.250 e. The second-order valence-corrected chi connectivity index (χ2v) is 3.90. The standard InChI is InChI=1S/C12H15N3O/c1-10-3-5-15(12(16)9-10)8-7-14-6-4-13-11(14)2/h3-6,9H,7-8H2,1-2H3. The molecule has 2 aromatic rings. The first kappa shape index (κ1) is 10.7. The van der Waals surface area contributed by atoms with Crippen LogP contribution in [0.25, 0.3) is 0 Å². The van der Waals surface area contributed by atoms with Crippen LogP contribution in [0.15, 0.2) is 35.5 Å². The molecule has 0 unspecified atom stereocenters. The van der Waals surface area contributed by atoms with Crippen molar-refractivity contribution < 1.29 is 0 Å². The second-order valence-electron chi connectivity index (χ2n) is 3.90. The van der Waals surface area contributed by atoms with Gasteiger partial charge < -0.3 is 9.13 Å². The molecule has 2 heterocycles. The minimum atomic E-state index is 0.0535. The van der Waals surface area contributed by atoms with Crippen molar-refractivity contribution in [3.05, 3.63) is 52.5 Å². The molecule has 0 N–H and O–H groups in total. The lowest BCUT2D eigenvalue weighted by Gasteiger charge is -2.07. The van der Waals surface area contributed by atoms with Gasteiger partial charge in [-0.2, -0.15) is 0 Å². The molecule has 2 rings (SSSR count). The van der Waals surface area contributed by atoms with Gasteiger partial charge in [0.1, 0.15) is 5.82 Å². The van der Waals surface area contributed by atoms with Gasteiger partial charge in [0.15, 0.2) is 0 Å². The second kappa shape index (κ2) is 4.35. The van der Waals surface area contributed by atoms with Crippen LogP contribution >= 0.6 is 0 Å². The molecule has 4 nitrogen and oxygen atoms in total. The molecule has 4 heteroatoms. The van der Waals surface area contributed by atoms with E-state index in [2.05, 4.69) is 4.98 Å². The normalized spacial score (nSPS) is 10.6. The maximum absolute atomic E-state index is 11.6. The van der Waals surface area contributed by atoms with E-state index in [9.17, 15) is 4.79 Å². The first-order chi connectivity index (χ1) is 7.66. The molecular weight excluding hydrogens is 202 g/mol. The average molecular weight is 217 g/mol. The predicted molar refractivity (Wildman–Crippen MR) is 62.4 cm³/mol. The Bertz CT molecular complexity index is 539. The Kier molecular flexibility index (Phi) is 2.90. The Morgan fingerprint density at radius 3 is 2.56 bits per heavy atom. The van der Waals surface area contributed by atoms with Gasteiger partial charge in [-0.1, -0.05) is 0 Å². The lowest BCUT2D eigenvalue weighted by Crippen LogP contribution is -2.21. The van der Waals surface area contributed by atoms with Gasteiger partial charge in [0.05, 0.1) is 0 Å². The fourth-order valence-corrected chi connectivity index (χ4v) is 1.65. The summed E-state index contributed by atoms with van der Waals surface area (Å²) in [7, 11) is 0. The molecule has 0 aliphatic heterocycles. The van der Waals surface area contributed by atoms with Gasteiger partial charge in [0, 0.05) is 37.7 Å². The third kappa shape index (κ3) is 2.21. The monoisotopic (exact) mass is 217 g/mol. The molecule has 84 valence electrons. The topological polar surface area (TPSA) is 39.8 Å². The molecule has 0 amide bonds. The Morgan fingerprint density at radius 1 is 1.19 bits per heavy atom. The Morgan fingerprint density at radius 2 is 1.94 bits per heavy atom. The van der Waals surface area contributed by atoms with Gasteiger partial charge in [-0.25, -0.2) is 4.98 Å². The van der Waals surface area contributed by atoms with Crippen molar-refractivity contribution >= 4 is 0 Å². The largest absolute Gasteiger partial charge is 0.333 e. The van der Waals surface area contributed by atoms with Crippen LogP contribution in [-0.2, 0) is 13.1 Å². The Labute approximate surface area is 94.2 Å². The SMILES string of the molecule is Cc1ccn(CCn2ccnc2C)c(=O)c1. The van der Waals surface area contributed by atoms with Crippen LogP contribution in [0.2, 0.25) is 0 Å². The summed E-state index contributed by atoms with van der Waals surface area (Å²) in [6.45, 7) is 5.33. The summed E-state index contributed by atoms with van der Waals surface area (Å²) in [5.74, 6) is 0.972. The number of aryl methyl sites for hydroxylation is 4. The lowest BCUT2D eigenvalue weighted by molar-refractivity contribution is 0.555. The fraction of sp³-hybridized carbons (Fsp3) is 0.333. The quantitative estimate of drug-likeness (QED) is 0.778. The first-order valence-electron chi connectivity index (χ1n) is 5.31. The van der Waals surface area contributed by atoms with Crippen molar-refractivity contribution in [2.24, 2.45) is 0 Å². The zero-order valence-corrected chi connectivity index (χ0v) is 9.55. The molecule has 0 saturated carbocycles. The molecule has 0 spiro atoms. The highest BCUT2D eigenvalue weighted by atomic mass is 16.1. The van der Waals surface area contributed by atoms with Crippen molar-refractivity contribution in [2.45, 2.75) is 26.9 Å². The van der Waals surface area contributed by atoms with Gasteiger partial charge in [-0.05, 0) is 25.5 Å². The number of aromatic nitrogens is 3. The minimum Gasteiger partial charge on any atom is -0.333 e. The Balaban J connectivity index is 2.11. The number of rotatable bonds is 3. The van der Waals surface area contributed by atoms with Crippen molar-refractivity contribution in [3.63, 3.8) is 0 Å².